The minimum atomic E-state index is -3.79. The Balaban J connectivity index is 2.97. The van der Waals surface area contributed by atoms with E-state index in [0.717, 1.165) is 5.56 Å². The molecule has 0 bridgehead atoms. The molecule has 0 aromatic heterocycles. The van der Waals surface area contributed by atoms with Gasteiger partial charge in [0.05, 0.1) is 16.7 Å². The quantitative estimate of drug-likeness (QED) is 0.588. The van der Waals surface area contributed by atoms with Crippen molar-refractivity contribution in [1.29, 1.82) is 5.26 Å². The van der Waals surface area contributed by atoms with Crippen molar-refractivity contribution in [3.05, 3.63) is 23.8 Å². The SMILES string of the molecule is Cc1ccc(N)c(S(=O)(=O)CC(=O)NCC#N)c1. The summed E-state index contributed by atoms with van der Waals surface area (Å²) >= 11 is 0. The predicted molar refractivity (Wildman–Crippen MR) is 66.3 cm³/mol. The molecule has 7 heteroatoms. The Morgan fingerprint density at radius 1 is 1.50 bits per heavy atom. The summed E-state index contributed by atoms with van der Waals surface area (Å²) in [5, 5.41) is 10.4. The summed E-state index contributed by atoms with van der Waals surface area (Å²) in [6.45, 7) is 1.51. The highest BCUT2D eigenvalue weighted by molar-refractivity contribution is 7.92. The van der Waals surface area contributed by atoms with Gasteiger partial charge in [0.2, 0.25) is 5.91 Å². The Hall–Kier alpha value is -2.07. The molecule has 1 aromatic rings. The van der Waals surface area contributed by atoms with E-state index >= 15 is 0 Å². The normalized spacial score (nSPS) is 10.7. The van der Waals surface area contributed by atoms with Crippen LogP contribution in [0, 0.1) is 18.3 Å². The van der Waals surface area contributed by atoms with Gasteiger partial charge in [-0.3, -0.25) is 4.79 Å². The van der Waals surface area contributed by atoms with Gasteiger partial charge in [-0.1, -0.05) is 6.07 Å². The number of sulfone groups is 1. The number of carbonyl (C=O) groups excluding carboxylic acids is 1. The Kier molecular flexibility index (Phi) is 4.28. The standard InChI is InChI=1S/C11H13N3O3S/c1-8-2-3-9(13)10(6-8)18(16,17)7-11(15)14-5-4-12/h2-3,6H,5,7,13H2,1H3,(H,14,15). The van der Waals surface area contributed by atoms with Gasteiger partial charge in [-0.25, -0.2) is 8.42 Å². The summed E-state index contributed by atoms with van der Waals surface area (Å²) in [6, 6.07) is 6.28. The first kappa shape index (κ1) is 14.0. The van der Waals surface area contributed by atoms with Gasteiger partial charge < -0.3 is 11.1 Å². The molecule has 0 aliphatic carbocycles. The van der Waals surface area contributed by atoms with E-state index in [1.54, 1.807) is 19.1 Å². The molecule has 0 unspecified atom stereocenters. The monoisotopic (exact) mass is 267 g/mol. The number of amides is 1. The number of nitrogen functional groups attached to an aromatic ring is 1. The fourth-order valence-corrected chi connectivity index (χ4v) is 2.75. The highest BCUT2D eigenvalue weighted by Crippen LogP contribution is 2.20. The Bertz CT molecular complexity index is 602. The van der Waals surface area contributed by atoms with Crippen molar-refractivity contribution in [1.82, 2.24) is 5.32 Å². The van der Waals surface area contributed by atoms with Crippen LogP contribution in [0.5, 0.6) is 0 Å². The number of carbonyl (C=O) groups is 1. The first-order chi connectivity index (χ1) is 8.36. The van der Waals surface area contributed by atoms with Gasteiger partial charge in [0.15, 0.2) is 9.84 Å². The highest BCUT2D eigenvalue weighted by atomic mass is 32.2. The smallest absolute Gasteiger partial charge is 0.236 e. The summed E-state index contributed by atoms with van der Waals surface area (Å²) in [6.07, 6.45) is 0. The van der Waals surface area contributed by atoms with E-state index in [2.05, 4.69) is 5.32 Å². The number of nitrogens with one attached hydrogen (secondary N) is 1. The van der Waals surface area contributed by atoms with E-state index in [4.69, 9.17) is 11.0 Å². The Morgan fingerprint density at radius 3 is 2.78 bits per heavy atom. The van der Waals surface area contributed by atoms with E-state index < -0.39 is 21.5 Å². The number of hydrogen-bond acceptors (Lipinski definition) is 5. The third kappa shape index (κ3) is 3.46. The van der Waals surface area contributed by atoms with Crippen LogP contribution in [0.4, 0.5) is 5.69 Å². The number of nitriles is 1. The number of anilines is 1. The topological polar surface area (TPSA) is 113 Å². The lowest BCUT2D eigenvalue weighted by Crippen LogP contribution is -2.30. The summed E-state index contributed by atoms with van der Waals surface area (Å²) < 4.78 is 23.9. The highest BCUT2D eigenvalue weighted by Gasteiger charge is 2.21. The summed E-state index contributed by atoms with van der Waals surface area (Å²) in [5.74, 6) is -1.44. The second-order valence-electron chi connectivity index (χ2n) is 3.74. The molecule has 0 aliphatic rings. The Morgan fingerprint density at radius 2 is 2.17 bits per heavy atom. The van der Waals surface area contributed by atoms with Crippen molar-refractivity contribution in [2.75, 3.05) is 18.0 Å². The first-order valence-electron chi connectivity index (χ1n) is 5.09. The lowest BCUT2D eigenvalue weighted by Gasteiger charge is -2.08. The average Bonchev–Trinajstić information content (AvgIpc) is 2.29. The first-order valence-corrected chi connectivity index (χ1v) is 6.74. The van der Waals surface area contributed by atoms with Crippen LogP contribution < -0.4 is 11.1 Å². The zero-order valence-electron chi connectivity index (χ0n) is 9.80. The maximum absolute atomic E-state index is 12.0. The van der Waals surface area contributed by atoms with E-state index in [-0.39, 0.29) is 17.1 Å². The molecule has 3 N–H and O–H groups in total. The second kappa shape index (κ2) is 5.51. The molecule has 1 rings (SSSR count). The van der Waals surface area contributed by atoms with Gasteiger partial charge in [0, 0.05) is 0 Å². The van der Waals surface area contributed by atoms with Crippen molar-refractivity contribution in [2.24, 2.45) is 0 Å². The average molecular weight is 267 g/mol. The zero-order chi connectivity index (χ0) is 13.8. The van der Waals surface area contributed by atoms with Crippen LogP contribution in [0.25, 0.3) is 0 Å². The van der Waals surface area contributed by atoms with Crippen molar-refractivity contribution in [2.45, 2.75) is 11.8 Å². The molecule has 1 amide bonds. The molecule has 0 atom stereocenters. The number of hydrogen-bond donors (Lipinski definition) is 2. The van der Waals surface area contributed by atoms with Gasteiger partial charge in [-0.2, -0.15) is 5.26 Å². The van der Waals surface area contributed by atoms with Crippen LogP contribution in [0.15, 0.2) is 23.1 Å². The molecule has 6 nitrogen and oxygen atoms in total. The second-order valence-corrected chi connectivity index (χ2v) is 5.69. The zero-order valence-corrected chi connectivity index (χ0v) is 10.6. The van der Waals surface area contributed by atoms with Crippen molar-refractivity contribution >= 4 is 21.4 Å². The molecule has 0 saturated carbocycles. The minimum Gasteiger partial charge on any atom is -0.398 e. The lowest BCUT2D eigenvalue weighted by atomic mass is 10.2. The van der Waals surface area contributed by atoms with Crippen LogP contribution in [-0.2, 0) is 14.6 Å². The van der Waals surface area contributed by atoms with E-state index in [0.29, 0.717) is 0 Å². The van der Waals surface area contributed by atoms with Gasteiger partial charge in [-0.05, 0) is 24.6 Å². The molecule has 1 aromatic carbocycles. The molecular weight excluding hydrogens is 254 g/mol. The fraction of sp³-hybridized carbons (Fsp3) is 0.273. The number of nitrogens with zero attached hydrogens (tertiary/aromatic N) is 1. The van der Waals surface area contributed by atoms with Gasteiger partial charge in [0.1, 0.15) is 12.3 Å². The molecule has 96 valence electrons. The third-order valence-corrected chi connectivity index (χ3v) is 3.86. The van der Waals surface area contributed by atoms with Crippen molar-refractivity contribution in [3.63, 3.8) is 0 Å². The van der Waals surface area contributed by atoms with Crippen molar-refractivity contribution < 1.29 is 13.2 Å². The number of aryl methyl sites for hydroxylation is 1. The summed E-state index contributed by atoms with van der Waals surface area (Å²) in [5.41, 5.74) is 6.43. The molecule has 0 aliphatic heterocycles. The number of rotatable bonds is 4. The minimum absolute atomic E-state index is 0.0605. The third-order valence-electron chi connectivity index (χ3n) is 2.19. The molecule has 0 radical (unpaired) electrons. The molecule has 18 heavy (non-hydrogen) atoms. The fourth-order valence-electron chi connectivity index (χ4n) is 1.35. The molecule has 0 fully saturated rings. The van der Waals surface area contributed by atoms with Crippen LogP contribution in [-0.4, -0.2) is 26.6 Å². The van der Waals surface area contributed by atoms with Crippen LogP contribution >= 0.6 is 0 Å². The maximum atomic E-state index is 12.0. The summed E-state index contributed by atoms with van der Waals surface area (Å²) in [4.78, 5) is 11.2. The predicted octanol–water partition coefficient (Wildman–Crippen LogP) is -0.00930. The van der Waals surface area contributed by atoms with E-state index in [9.17, 15) is 13.2 Å². The van der Waals surface area contributed by atoms with Crippen LogP contribution in [0.1, 0.15) is 5.56 Å². The van der Waals surface area contributed by atoms with Crippen LogP contribution in [0.2, 0.25) is 0 Å². The molecular formula is C11H13N3O3S. The van der Waals surface area contributed by atoms with E-state index in [1.165, 1.54) is 12.1 Å². The number of benzene rings is 1. The van der Waals surface area contributed by atoms with Gasteiger partial charge in [-0.15, -0.1) is 0 Å². The molecule has 0 saturated heterocycles. The van der Waals surface area contributed by atoms with Gasteiger partial charge >= 0.3 is 0 Å². The molecule has 0 heterocycles. The Labute approximate surface area is 105 Å². The lowest BCUT2D eigenvalue weighted by molar-refractivity contribution is -0.118. The maximum Gasteiger partial charge on any atom is 0.236 e. The summed E-state index contributed by atoms with van der Waals surface area (Å²) in [7, 11) is -3.79. The largest absolute Gasteiger partial charge is 0.398 e. The molecule has 0 spiro atoms. The van der Waals surface area contributed by atoms with Crippen LogP contribution in [0.3, 0.4) is 0 Å². The van der Waals surface area contributed by atoms with Gasteiger partial charge in [0.25, 0.3) is 0 Å². The van der Waals surface area contributed by atoms with E-state index in [1.807, 2.05) is 0 Å². The van der Waals surface area contributed by atoms with Crippen molar-refractivity contribution in [3.8, 4) is 6.07 Å². The number of nitrogens with two attached hydrogens (primary N) is 1.